The Morgan fingerprint density at radius 2 is 2.24 bits per heavy atom. The van der Waals surface area contributed by atoms with Gasteiger partial charge in [0.05, 0.1) is 0 Å². The van der Waals surface area contributed by atoms with Crippen molar-refractivity contribution < 1.29 is 0 Å². The van der Waals surface area contributed by atoms with Gasteiger partial charge in [0.25, 0.3) is 0 Å². The van der Waals surface area contributed by atoms with Crippen LogP contribution in [-0.4, -0.2) is 13.1 Å². The van der Waals surface area contributed by atoms with E-state index in [0.29, 0.717) is 0 Å². The van der Waals surface area contributed by atoms with Gasteiger partial charge in [-0.1, -0.05) is 18.5 Å². The molecule has 2 atom stereocenters. The van der Waals surface area contributed by atoms with E-state index < -0.39 is 0 Å². The molecule has 0 amide bonds. The molecule has 0 aliphatic carbocycles. The summed E-state index contributed by atoms with van der Waals surface area (Å²) in [7, 11) is 0. The summed E-state index contributed by atoms with van der Waals surface area (Å²) in [6, 6.07) is 6.10. The van der Waals surface area contributed by atoms with Crippen LogP contribution >= 0.6 is 11.6 Å². The van der Waals surface area contributed by atoms with E-state index in [1.807, 2.05) is 19.1 Å². The third kappa shape index (κ3) is 2.93. The van der Waals surface area contributed by atoms with E-state index in [0.717, 1.165) is 29.6 Å². The summed E-state index contributed by atoms with van der Waals surface area (Å²) < 4.78 is 0. The molecule has 0 aromatic heterocycles. The van der Waals surface area contributed by atoms with E-state index >= 15 is 0 Å². The van der Waals surface area contributed by atoms with Gasteiger partial charge in [-0.2, -0.15) is 0 Å². The molecule has 1 aliphatic heterocycles. The Balaban J connectivity index is 2.30. The van der Waals surface area contributed by atoms with Crippen LogP contribution in [0.4, 0.5) is 5.69 Å². The van der Waals surface area contributed by atoms with Crippen LogP contribution in [0.1, 0.15) is 38.3 Å². The smallest absolute Gasteiger partial charge is 0.0415 e. The van der Waals surface area contributed by atoms with Gasteiger partial charge in [-0.25, -0.2) is 0 Å². The minimum Gasteiger partial charge on any atom is -0.371 e. The van der Waals surface area contributed by atoms with Crippen molar-refractivity contribution in [3.05, 3.63) is 28.8 Å². The van der Waals surface area contributed by atoms with Crippen molar-refractivity contribution in [1.29, 1.82) is 0 Å². The third-order valence-corrected chi connectivity index (χ3v) is 3.71. The number of rotatable bonds is 2. The lowest BCUT2D eigenvalue weighted by Gasteiger charge is -2.34. The summed E-state index contributed by atoms with van der Waals surface area (Å²) in [4.78, 5) is 2.45. The van der Waals surface area contributed by atoms with Gasteiger partial charge in [-0.05, 0) is 49.4 Å². The molecule has 2 rings (SSSR count). The molecule has 94 valence electrons. The van der Waals surface area contributed by atoms with Crippen LogP contribution in [0, 0.1) is 5.92 Å². The molecule has 1 aliphatic rings. The topological polar surface area (TPSA) is 29.3 Å². The molecule has 0 spiro atoms. The lowest BCUT2D eigenvalue weighted by Crippen LogP contribution is -2.35. The first-order valence-corrected chi connectivity index (χ1v) is 6.75. The van der Waals surface area contributed by atoms with E-state index in [9.17, 15) is 0 Å². The number of nitrogens with zero attached hydrogens (tertiary/aromatic N) is 1. The normalized spacial score (nSPS) is 22.6. The Morgan fingerprint density at radius 1 is 1.47 bits per heavy atom. The molecule has 2 nitrogen and oxygen atoms in total. The van der Waals surface area contributed by atoms with Crippen molar-refractivity contribution in [2.75, 3.05) is 18.0 Å². The molecule has 1 saturated heterocycles. The predicted molar refractivity (Wildman–Crippen MR) is 74.7 cm³/mol. The fraction of sp³-hybridized carbons (Fsp3) is 0.571. The van der Waals surface area contributed by atoms with Gasteiger partial charge >= 0.3 is 0 Å². The minimum absolute atomic E-state index is 0.0286. The minimum atomic E-state index is 0.0286. The lowest BCUT2D eigenvalue weighted by molar-refractivity contribution is 0.446. The molecule has 1 fully saturated rings. The fourth-order valence-corrected chi connectivity index (χ4v) is 2.77. The number of anilines is 1. The highest BCUT2D eigenvalue weighted by Gasteiger charge is 2.20. The zero-order chi connectivity index (χ0) is 12.4. The summed E-state index contributed by atoms with van der Waals surface area (Å²) in [6.45, 7) is 6.59. The monoisotopic (exact) mass is 252 g/mol. The van der Waals surface area contributed by atoms with Gasteiger partial charge in [0.1, 0.15) is 0 Å². The standard InChI is InChI=1S/C14H21ClN2/c1-10-4-3-7-17(9-10)14-6-5-12(15)8-13(14)11(2)16/h5-6,8,10-11H,3-4,7,9,16H2,1-2H3/t10-,11-/m1/s1. The molecule has 2 N–H and O–H groups in total. The van der Waals surface area contributed by atoms with Gasteiger partial charge < -0.3 is 10.6 Å². The van der Waals surface area contributed by atoms with Crippen LogP contribution in [0.5, 0.6) is 0 Å². The molecule has 0 unspecified atom stereocenters. The molecule has 1 heterocycles. The highest BCUT2D eigenvalue weighted by atomic mass is 35.5. The van der Waals surface area contributed by atoms with Gasteiger partial charge in [-0.15, -0.1) is 0 Å². The molecule has 17 heavy (non-hydrogen) atoms. The van der Waals surface area contributed by atoms with E-state index in [4.69, 9.17) is 17.3 Å². The third-order valence-electron chi connectivity index (χ3n) is 3.48. The quantitative estimate of drug-likeness (QED) is 0.872. The van der Waals surface area contributed by atoms with Crippen molar-refractivity contribution in [2.45, 2.75) is 32.7 Å². The first kappa shape index (κ1) is 12.7. The summed E-state index contributed by atoms with van der Waals surface area (Å²) in [5.74, 6) is 0.764. The zero-order valence-electron chi connectivity index (χ0n) is 10.6. The van der Waals surface area contributed by atoms with E-state index in [1.165, 1.54) is 18.5 Å². The fourth-order valence-electron chi connectivity index (χ4n) is 2.59. The van der Waals surface area contributed by atoms with Crippen LogP contribution in [0.2, 0.25) is 5.02 Å². The number of hydrogen-bond donors (Lipinski definition) is 1. The zero-order valence-corrected chi connectivity index (χ0v) is 11.4. The molecule has 1 aromatic carbocycles. The number of halogens is 1. The predicted octanol–water partition coefficient (Wildman–Crippen LogP) is 3.60. The molecule has 0 saturated carbocycles. The van der Waals surface area contributed by atoms with Gasteiger partial charge in [0.2, 0.25) is 0 Å². The Kier molecular flexibility index (Phi) is 3.95. The van der Waals surface area contributed by atoms with Crippen LogP contribution in [0.3, 0.4) is 0 Å². The average Bonchev–Trinajstić information content (AvgIpc) is 2.28. The molecule has 0 bridgehead atoms. The van der Waals surface area contributed by atoms with E-state index in [1.54, 1.807) is 0 Å². The number of benzene rings is 1. The van der Waals surface area contributed by atoms with Crippen LogP contribution in [0.15, 0.2) is 18.2 Å². The number of piperidine rings is 1. The number of hydrogen-bond acceptors (Lipinski definition) is 2. The second-order valence-electron chi connectivity index (χ2n) is 5.19. The molecule has 1 aromatic rings. The van der Waals surface area contributed by atoms with Crippen molar-refractivity contribution >= 4 is 17.3 Å². The van der Waals surface area contributed by atoms with Crippen LogP contribution < -0.4 is 10.6 Å². The van der Waals surface area contributed by atoms with E-state index in [-0.39, 0.29) is 6.04 Å². The number of nitrogens with two attached hydrogens (primary N) is 1. The Labute approximate surface area is 109 Å². The second kappa shape index (κ2) is 5.28. The summed E-state index contributed by atoms with van der Waals surface area (Å²) in [5.41, 5.74) is 8.46. The molecule has 0 radical (unpaired) electrons. The molecule has 3 heteroatoms. The first-order valence-electron chi connectivity index (χ1n) is 6.38. The van der Waals surface area contributed by atoms with Crippen molar-refractivity contribution in [1.82, 2.24) is 0 Å². The van der Waals surface area contributed by atoms with Gasteiger partial charge in [-0.3, -0.25) is 0 Å². The summed E-state index contributed by atoms with van der Waals surface area (Å²) in [6.07, 6.45) is 2.60. The largest absolute Gasteiger partial charge is 0.371 e. The van der Waals surface area contributed by atoms with Crippen LogP contribution in [-0.2, 0) is 0 Å². The Bertz CT molecular complexity index is 390. The van der Waals surface area contributed by atoms with Crippen molar-refractivity contribution in [2.24, 2.45) is 11.7 Å². The van der Waals surface area contributed by atoms with Crippen molar-refractivity contribution in [3.63, 3.8) is 0 Å². The summed E-state index contributed by atoms with van der Waals surface area (Å²) >= 11 is 6.05. The highest BCUT2D eigenvalue weighted by molar-refractivity contribution is 6.30. The van der Waals surface area contributed by atoms with Gasteiger partial charge in [0.15, 0.2) is 0 Å². The SMILES string of the molecule is C[C@@H]1CCCN(c2ccc(Cl)cc2[C@@H](C)N)C1. The summed E-state index contributed by atoms with van der Waals surface area (Å²) in [5, 5.41) is 0.770. The molecular weight excluding hydrogens is 232 g/mol. The van der Waals surface area contributed by atoms with E-state index in [2.05, 4.69) is 17.9 Å². The maximum absolute atomic E-state index is 6.05. The van der Waals surface area contributed by atoms with Crippen molar-refractivity contribution in [3.8, 4) is 0 Å². The maximum Gasteiger partial charge on any atom is 0.0415 e. The lowest BCUT2D eigenvalue weighted by atomic mass is 9.97. The van der Waals surface area contributed by atoms with Gasteiger partial charge in [0, 0.05) is 29.8 Å². The Morgan fingerprint density at radius 3 is 2.88 bits per heavy atom. The second-order valence-corrected chi connectivity index (χ2v) is 5.62. The highest BCUT2D eigenvalue weighted by Crippen LogP contribution is 2.31. The molecular formula is C14H21ClN2. The average molecular weight is 253 g/mol. The van der Waals surface area contributed by atoms with Crippen LogP contribution in [0.25, 0.3) is 0 Å². The maximum atomic E-state index is 6.05. The first-order chi connectivity index (χ1) is 8.08. The Hall–Kier alpha value is -0.730.